The van der Waals surface area contributed by atoms with Crippen LogP contribution < -0.4 is 10.0 Å². The van der Waals surface area contributed by atoms with Crippen LogP contribution in [0.3, 0.4) is 0 Å². The average Bonchev–Trinajstić information content (AvgIpc) is 3.44. The first-order valence-electron chi connectivity index (χ1n) is 13.8. The summed E-state index contributed by atoms with van der Waals surface area (Å²) in [5.74, 6) is -3.75. The molecule has 0 atom stereocenters. The van der Waals surface area contributed by atoms with Crippen molar-refractivity contribution in [1.29, 1.82) is 0 Å². The van der Waals surface area contributed by atoms with Crippen LogP contribution in [-0.2, 0) is 26.8 Å². The number of anilines is 2. The molecule has 2 aromatic heterocycles. The van der Waals surface area contributed by atoms with Crippen LogP contribution in [0.4, 0.5) is 29.6 Å². The molecular formula is C32H28F3N5O4S2. The van der Waals surface area contributed by atoms with Gasteiger partial charge in [0.25, 0.3) is 10.0 Å². The predicted octanol–water partition coefficient (Wildman–Crippen LogP) is 7.84. The Kier molecular flexibility index (Phi) is 9.13. The molecule has 1 amide bonds. The summed E-state index contributed by atoms with van der Waals surface area (Å²) in [5, 5.41) is 3.10. The van der Waals surface area contributed by atoms with Crippen LogP contribution in [0.5, 0.6) is 0 Å². The maximum absolute atomic E-state index is 16.0. The number of benzene rings is 3. The van der Waals surface area contributed by atoms with E-state index in [0.717, 1.165) is 35.4 Å². The maximum Gasteiger partial charge on any atom is 0.414 e. The number of aryl methyl sites for hydroxylation is 1. The third-order valence-corrected chi connectivity index (χ3v) is 9.47. The third-order valence-electron chi connectivity index (χ3n) is 6.55. The molecule has 0 aliphatic heterocycles. The monoisotopic (exact) mass is 667 g/mol. The molecule has 0 aliphatic rings. The van der Waals surface area contributed by atoms with Crippen molar-refractivity contribution in [3.63, 3.8) is 0 Å². The Labute approximate surface area is 267 Å². The first-order valence-corrected chi connectivity index (χ1v) is 16.1. The fraction of sp³-hybridized carbons (Fsp3) is 0.188. The third kappa shape index (κ3) is 7.18. The highest BCUT2D eigenvalue weighted by molar-refractivity contribution is 7.92. The second-order valence-corrected chi connectivity index (χ2v) is 13.8. The van der Waals surface area contributed by atoms with Crippen molar-refractivity contribution in [1.82, 2.24) is 15.0 Å². The second kappa shape index (κ2) is 12.9. The van der Waals surface area contributed by atoms with Crippen molar-refractivity contribution in [2.45, 2.75) is 44.6 Å². The molecule has 0 fully saturated rings. The molecule has 2 heterocycles. The number of nitrogens with zero attached hydrogens (tertiary/aromatic N) is 3. The van der Waals surface area contributed by atoms with Crippen LogP contribution in [0.25, 0.3) is 21.8 Å². The molecule has 14 heteroatoms. The van der Waals surface area contributed by atoms with E-state index in [0.29, 0.717) is 15.6 Å². The van der Waals surface area contributed by atoms with Crippen molar-refractivity contribution in [3.8, 4) is 21.8 Å². The van der Waals surface area contributed by atoms with Crippen LogP contribution in [0.2, 0.25) is 0 Å². The Bertz CT molecular complexity index is 2010. The van der Waals surface area contributed by atoms with Crippen molar-refractivity contribution in [3.05, 3.63) is 107 Å². The van der Waals surface area contributed by atoms with E-state index in [2.05, 4.69) is 20.3 Å². The molecule has 238 valence electrons. The molecule has 3 aromatic carbocycles. The summed E-state index contributed by atoms with van der Waals surface area (Å²) >= 11 is 1.23. The van der Waals surface area contributed by atoms with E-state index in [1.807, 2.05) is 56.7 Å². The minimum absolute atomic E-state index is 0.0304. The Morgan fingerprint density at radius 1 is 0.935 bits per heavy atom. The molecule has 46 heavy (non-hydrogen) atoms. The topological polar surface area (TPSA) is 123 Å². The summed E-state index contributed by atoms with van der Waals surface area (Å²) in [5.41, 5.74) is 1.19. The Balaban J connectivity index is 1.47. The largest absolute Gasteiger partial charge is 0.444 e. The highest BCUT2D eigenvalue weighted by Gasteiger charge is 2.29. The molecule has 0 aliphatic carbocycles. The smallest absolute Gasteiger partial charge is 0.414 e. The summed E-state index contributed by atoms with van der Waals surface area (Å²) in [7, 11) is -4.85. The van der Waals surface area contributed by atoms with Gasteiger partial charge in [0.1, 0.15) is 18.2 Å². The highest BCUT2D eigenvalue weighted by atomic mass is 32.2. The molecule has 0 saturated carbocycles. The number of nitrogens with one attached hydrogen (secondary N) is 2. The number of ether oxygens (including phenoxy) is 1. The van der Waals surface area contributed by atoms with Gasteiger partial charge in [-0.2, -0.15) is 0 Å². The zero-order valence-electron chi connectivity index (χ0n) is 25.1. The Hall–Kier alpha value is -4.82. The lowest BCUT2D eigenvalue weighted by Gasteiger charge is -2.14. The van der Waals surface area contributed by atoms with Crippen molar-refractivity contribution < 1.29 is 31.1 Å². The van der Waals surface area contributed by atoms with Gasteiger partial charge in [-0.1, -0.05) is 62.7 Å². The van der Waals surface area contributed by atoms with Gasteiger partial charge in [0.05, 0.1) is 27.0 Å². The summed E-state index contributed by atoms with van der Waals surface area (Å²) in [6.07, 6.45) is 0.622. The fourth-order valence-corrected chi connectivity index (χ4v) is 6.54. The van der Waals surface area contributed by atoms with Gasteiger partial charge < -0.3 is 4.74 Å². The normalized spacial score (nSPS) is 11.7. The molecule has 0 bridgehead atoms. The van der Waals surface area contributed by atoms with E-state index in [9.17, 15) is 22.0 Å². The van der Waals surface area contributed by atoms with E-state index in [1.165, 1.54) is 29.7 Å². The number of thiazole rings is 1. The molecule has 9 nitrogen and oxygen atoms in total. The van der Waals surface area contributed by atoms with Gasteiger partial charge in [0, 0.05) is 17.2 Å². The zero-order chi connectivity index (χ0) is 33.2. The van der Waals surface area contributed by atoms with Gasteiger partial charge in [-0.3, -0.25) is 10.0 Å². The molecule has 0 radical (unpaired) electrons. The van der Waals surface area contributed by atoms with E-state index >= 15 is 4.39 Å². The van der Waals surface area contributed by atoms with Crippen molar-refractivity contribution in [2.24, 2.45) is 0 Å². The number of carbonyl (C=O) groups excluding carboxylic acids is 1. The standard InChI is InChI=1S/C32H28F3N5O4S2/c1-18-11-13-19(14-12-18)17-44-31(41)39-30-36-16-15-24(37-30)27-26(38-29(45-27)32(2,3)4)20-7-5-10-23(25(20)35)40-46(42,43)28-21(33)8-6-9-22(28)34/h5-16,40H,17H2,1-4H3,(H,36,37,39,41). The van der Waals surface area contributed by atoms with Crippen LogP contribution in [0, 0.1) is 24.4 Å². The molecule has 5 aromatic rings. The lowest BCUT2D eigenvalue weighted by Crippen LogP contribution is -2.17. The minimum atomic E-state index is -4.85. The molecule has 0 saturated heterocycles. The lowest BCUT2D eigenvalue weighted by molar-refractivity contribution is 0.155. The summed E-state index contributed by atoms with van der Waals surface area (Å²) in [4.78, 5) is 24.9. The van der Waals surface area contributed by atoms with Gasteiger partial charge in [-0.25, -0.2) is 41.3 Å². The summed E-state index contributed by atoms with van der Waals surface area (Å²) in [6, 6.07) is 15.5. The molecular weight excluding hydrogens is 640 g/mol. The maximum atomic E-state index is 16.0. The SMILES string of the molecule is Cc1ccc(COC(=O)Nc2nccc(-c3sc(C(C)(C)C)nc3-c3cccc(NS(=O)(=O)c4c(F)cccc4F)c3F)n2)cc1. The van der Waals surface area contributed by atoms with E-state index in [4.69, 9.17) is 4.74 Å². The van der Waals surface area contributed by atoms with Gasteiger partial charge in [-0.15, -0.1) is 11.3 Å². The number of sulfonamides is 1. The summed E-state index contributed by atoms with van der Waals surface area (Å²) in [6.45, 7) is 7.73. The Morgan fingerprint density at radius 2 is 1.61 bits per heavy atom. The van der Waals surface area contributed by atoms with Gasteiger partial charge >= 0.3 is 6.09 Å². The van der Waals surface area contributed by atoms with Crippen molar-refractivity contribution in [2.75, 3.05) is 10.0 Å². The van der Waals surface area contributed by atoms with E-state index < -0.39 is 49.6 Å². The first kappa shape index (κ1) is 32.6. The second-order valence-electron chi connectivity index (χ2n) is 11.2. The number of hydrogen-bond acceptors (Lipinski definition) is 8. The number of amides is 1. The first-order chi connectivity index (χ1) is 21.7. The number of rotatable bonds is 8. The number of carbonyl (C=O) groups is 1. The van der Waals surface area contributed by atoms with E-state index in [1.54, 1.807) is 6.07 Å². The zero-order valence-corrected chi connectivity index (χ0v) is 26.7. The minimum Gasteiger partial charge on any atom is -0.444 e. The highest BCUT2D eigenvalue weighted by Crippen LogP contribution is 2.42. The van der Waals surface area contributed by atoms with Gasteiger partial charge in [-0.05, 0) is 42.8 Å². The predicted molar refractivity (Wildman–Crippen MR) is 169 cm³/mol. The van der Waals surface area contributed by atoms with Gasteiger partial charge in [0.2, 0.25) is 5.95 Å². The van der Waals surface area contributed by atoms with Crippen LogP contribution in [0.15, 0.2) is 77.8 Å². The average molecular weight is 668 g/mol. The Morgan fingerprint density at radius 3 is 2.28 bits per heavy atom. The molecule has 5 rings (SSSR count). The molecule has 0 unspecified atom stereocenters. The number of aromatic nitrogens is 3. The number of hydrogen-bond donors (Lipinski definition) is 2. The summed E-state index contributed by atoms with van der Waals surface area (Å²) < 4.78 is 77.7. The molecule has 2 N–H and O–H groups in total. The van der Waals surface area contributed by atoms with Crippen LogP contribution in [0.1, 0.15) is 36.9 Å². The fourth-order valence-electron chi connectivity index (χ4n) is 4.23. The quantitative estimate of drug-likeness (QED) is 0.173. The van der Waals surface area contributed by atoms with Gasteiger partial charge in [0.15, 0.2) is 10.7 Å². The van der Waals surface area contributed by atoms with Crippen LogP contribution in [-0.4, -0.2) is 29.5 Å². The lowest BCUT2D eigenvalue weighted by atomic mass is 9.98. The van der Waals surface area contributed by atoms with Crippen molar-refractivity contribution >= 4 is 39.1 Å². The van der Waals surface area contributed by atoms with Crippen LogP contribution >= 0.6 is 11.3 Å². The van der Waals surface area contributed by atoms with E-state index in [-0.39, 0.29) is 23.8 Å². The number of halogens is 3. The molecule has 0 spiro atoms.